The second-order valence-corrected chi connectivity index (χ2v) is 10.6. The molecule has 1 aliphatic rings. The molecule has 1 heterocycles. The Morgan fingerprint density at radius 3 is 0.875 bits per heavy atom. The van der Waals surface area contributed by atoms with E-state index in [1.165, 1.54) is 0 Å². The molecule has 0 amide bonds. The summed E-state index contributed by atoms with van der Waals surface area (Å²) in [6, 6.07) is 13.7. The molecule has 0 radical (unpaired) electrons. The Morgan fingerprint density at radius 2 is 0.688 bits per heavy atom. The average Bonchev–Trinajstić information content (AvgIpc) is 3.10. The zero-order chi connectivity index (χ0) is 34.7. The topological polar surface area (TPSA) is 313 Å². The fourth-order valence-electron chi connectivity index (χ4n) is 5.02. The van der Waals surface area contributed by atoms with Crippen molar-refractivity contribution >= 4 is 0 Å². The fourth-order valence-corrected chi connectivity index (χ4v) is 5.02. The second kappa shape index (κ2) is 20.6. The minimum atomic E-state index is -1.45. The van der Waals surface area contributed by atoms with Crippen molar-refractivity contribution in [3.63, 3.8) is 0 Å². The van der Waals surface area contributed by atoms with Crippen LogP contribution in [-0.2, 0) is 45.4 Å². The summed E-state index contributed by atoms with van der Waals surface area (Å²) in [4.78, 5) is 10.8. The molecule has 0 saturated heterocycles. The number of azide groups is 4. The standard InChI is InChI=1S/C28H36N12O8/c29-37-33-9-21(41)25-26(22(42)10-34-38-30)47-15-19-7-3-4-8-20(19)16-48-28(24(44)12-36-40-32)27(23(43)11-35-39-31)46-14-18-6-2-1-5-17(18)13-45-25/h1-8,21-28,41-44H,9-16H2/t21-,22-,23-,24-,25-,26-,27-,28-/m1/s1. The van der Waals surface area contributed by atoms with Gasteiger partial charge in [-0.1, -0.05) is 69.0 Å². The first kappa shape index (κ1) is 37.8. The summed E-state index contributed by atoms with van der Waals surface area (Å²) < 4.78 is 24.5. The quantitative estimate of drug-likeness (QED) is 0.147. The molecule has 0 bridgehead atoms. The summed E-state index contributed by atoms with van der Waals surface area (Å²) in [7, 11) is 0. The van der Waals surface area contributed by atoms with Crippen LogP contribution in [0, 0.1) is 0 Å². The molecule has 3 rings (SSSR count). The monoisotopic (exact) mass is 668 g/mol. The molecule has 4 N–H and O–H groups in total. The van der Waals surface area contributed by atoms with Crippen LogP contribution in [0.4, 0.5) is 0 Å². The molecule has 20 nitrogen and oxygen atoms in total. The Morgan fingerprint density at radius 1 is 0.479 bits per heavy atom. The van der Waals surface area contributed by atoms with Gasteiger partial charge < -0.3 is 39.4 Å². The van der Waals surface area contributed by atoms with Gasteiger partial charge in [0.1, 0.15) is 24.4 Å². The largest absolute Gasteiger partial charge is 0.390 e. The molecule has 256 valence electrons. The van der Waals surface area contributed by atoms with Crippen molar-refractivity contribution in [1.82, 2.24) is 0 Å². The molecule has 48 heavy (non-hydrogen) atoms. The predicted molar refractivity (Wildman–Crippen MR) is 167 cm³/mol. The zero-order valence-electron chi connectivity index (χ0n) is 25.7. The van der Waals surface area contributed by atoms with E-state index in [0.717, 1.165) is 0 Å². The summed E-state index contributed by atoms with van der Waals surface area (Å²) in [5.41, 5.74) is 37.7. The van der Waals surface area contributed by atoms with Crippen LogP contribution in [0.1, 0.15) is 22.3 Å². The summed E-state index contributed by atoms with van der Waals surface area (Å²) in [6.45, 7) is -2.38. The van der Waals surface area contributed by atoms with E-state index in [9.17, 15) is 20.4 Å². The molecule has 1 aliphatic heterocycles. The minimum Gasteiger partial charge on any atom is -0.390 e. The smallest absolute Gasteiger partial charge is 0.113 e. The lowest BCUT2D eigenvalue weighted by Crippen LogP contribution is -2.50. The molecule has 0 aromatic heterocycles. The first-order chi connectivity index (χ1) is 23.3. The molecule has 0 saturated carbocycles. The third kappa shape index (κ3) is 11.3. The van der Waals surface area contributed by atoms with Gasteiger partial charge in [-0.25, -0.2) is 0 Å². The third-order valence-corrected chi connectivity index (χ3v) is 7.45. The van der Waals surface area contributed by atoms with Crippen LogP contribution in [0.3, 0.4) is 0 Å². The highest BCUT2D eigenvalue weighted by Gasteiger charge is 2.37. The van der Waals surface area contributed by atoms with E-state index in [-0.39, 0.29) is 26.4 Å². The SMILES string of the molecule is [N-]=[N+]=NC[C@@H](O)[C@H]1OCc2ccccc2CO[C@H]([C@H](O)CN=[N+]=[N-])[C@@H]([C@H](O)CN=[N+]=[N-])OCc2ccccc2CO[C@@H]1[C@H](O)CN=[N+]=[N-]. The van der Waals surface area contributed by atoms with Gasteiger partial charge in [0.2, 0.25) is 0 Å². The molecule has 0 fully saturated rings. The molecule has 0 aliphatic carbocycles. The first-order valence-electron chi connectivity index (χ1n) is 14.7. The average molecular weight is 669 g/mol. The Kier molecular flexibility index (Phi) is 16.2. The van der Waals surface area contributed by atoms with Crippen LogP contribution in [0.15, 0.2) is 69.0 Å². The third-order valence-electron chi connectivity index (χ3n) is 7.45. The van der Waals surface area contributed by atoms with Gasteiger partial charge in [-0.15, -0.1) is 0 Å². The van der Waals surface area contributed by atoms with Gasteiger partial charge in [-0.2, -0.15) is 0 Å². The lowest BCUT2D eigenvalue weighted by molar-refractivity contribution is -0.167. The summed E-state index contributed by atoms with van der Waals surface area (Å²) >= 11 is 0. The number of hydrogen-bond acceptors (Lipinski definition) is 12. The van der Waals surface area contributed by atoms with E-state index in [0.29, 0.717) is 22.3 Å². The van der Waals surface area contributed by atoms with E-state index >= 15 is 0 Å². The second-order valence-electron chi connectivity index (χ2n) is 10.6. The van der Waals surface area contributed by atoms with Crippen molar-refractivity contribution < 1.29 is 39.4 Å². The lowest BCUT2D eigenvalue weighted by Gasteiger charge is -2.35. The molecule has 0 spiro atoms. The number of hydrogen-bond donors (Lipinski definition) is 4. The highest BCUT2D eigenvalue weighted by molar-refractivity contribution is 5.27. The van der Waals surface area contributed by atoms with Crippen LogP contribution >= 0.6 is 0 Å². The van der Waals surface area contributed by atoms with E-state index in [1.807, 2.05) is 0 Å². The van der Waals surface area contributed by atoms with Crippen LogP contribution in [0.5, 0.6) is 0 Å². The first-order valence-corrected chi connectivity index (χ1v) is 14.7. The van der Waals surface area contributed by atoms with Crippen molar-refractivity contribution in [2.45, 2.75) is 75.3 Å². The number of aliphatic hydroxyl groups excluding tert-OH is 4. The predicted octanol–water partition coefficient (Wildman–Crippen LogP) is 3.63. The van der Waals surface area contributed by atoms with Gasteiger partial charge in [0.05, 0.1) is 77.0 Å². The maximum atomic E-state index is 11.0. The fraction of sp³-hybridized carbons (Fsp3) is 0.571. The van der Waals surface area contributed by atoms with Crippen LogP contribution in [-0.4, -0.2) is 95.4 Å². The molecular weight excluding hydrogens is 632 g/mol. The maximum absolute atomic E-state index is 11.0. The van der Waals surface area contributed by atoms with Crippen molar-refractivity contribution in [2.75, 3.05) is 26.2 Å². The Labute approximate surface area is 273 Å². The zero-order valence-corrected chi connectivity index (χ0v) is 25.7. The molecule has 20 heteroatoms. The van der Waals surface area contributed by atoms with Crippen molar-refractivity contribution in [1.29, 1.82) is 0 Å². The highest BCUT2D eigenvalue weighted by Crippen LogP contribution is 2.25. The normalized spacial score (nSPS) is 22.8. The highest BCUT2D eigenvalue weighted by atomic mass is 16.6. The molecule has 2 aromatic carbocycles. The Bertz CT molecular complexity index is 1290. The van der Waals surface area contributed by atoms with Gasteiger partial charge in [0.15, 0.2) is 0 Å². The van der Waals surface area contributed by atoms with Crippen LogP contribution in [0.2, 0.25) is 0 Å². The minimum absolute atomic E-state index is 0.173. The van der Waals surface area contributed by atoms with Gasteiger partial charge in [-0.05, 0) is 44.4 Å². The van der Waals surface area contributed by atoms with Crippen molar-refractivity contribution in [3.8, 4) is 0 Å². The number of aliphatic hydroxyl groups is 4. The van der Waals surface area contributed by atoms with Crippen LogP contribution < -0.4 is 0 Å². The van der Waals surface area contributed by atoms with E-state index in [2.05, 4.69) is 40.1 Å². The Balaban J connectivity index is 2.13. The van der Waals surface area contributed by atoms with Crippen molar-refractivity contribution in [2.24, 2.45) is 20.5 Å². The molecule has 8 atom stereocenters. The van der Waals surface area contributed by atoms with E-state index < -0.39 is 75.0 Å². The molecular formula is C28H36N12O8. The lowest BCUT2D eigenvalue weighted by atomic mass is 10.0. The number of benzene rings is 2. The maximum Gasteiger partial charge on any atom is 0.113 e. The van der Waals surface area contributed by atoms with E-state index in [4.69, 9.17) is 41.1 Å². The number of ether oxygens (including phenoxy) is 4. The molecule has 2 aromatic rings. The summed E-state index contributed by atoms with van der Waals surface area (Å²) in [6.07, 6.45) is -11.0. The van der Waals surface area contributed by atoms with Crippen molar-refractivity contribution in [3.05, 3.63) is 113 Å². The number of nitrogens with zero attached hydrogens (tertiary/aromatic N) is 12. The van der Waals surface area contributed by atoms with Gasteiger partial charge in [0, 0.05) is 19.6 Å². The summed E-state index contributed by atoms with van der Waals surface area (Å²) in [5.74, 6) is 0. The van der Waals surface area contributed by atoms with Gasteiger partial charge >= 0.3 is 0 Å². The number of rotatable bonds is 12. The van der Waals surface area contributed by atoms with Gasteiger partial charge in [0.25, 0.3) is 0 Å². The van der Waals surface area contributed by atoms with Gasteiger partial charge in [-0.3, -0.25) is 0 Å². The summed E-state index contributed by atoms with van der Waals surface area (Å²) in [5, 5.41) is 58.0. The molecule has 0 unspecified atom stereocenters. The number of fused-ring (bicyclic) bond motifs is 2. The van der Waals surface area contributed by atoms with E-state index in [1.54, 1.807) is 48.5 Å². The van der Waals surface area contributed by atoms with Crippen LogP contribution in [0.25, 0.3) is 41.8 Å². The Hall–Kier alpha value is -4.64.